The first-order valence-electron chi connectivity index (χ1n) is 7.12. The van der Waals surface area contributed by atoms with Crippen molar-refractivity contribution in [2.45, 2.75) is 38.0 Å². The first-order chi connectivity index (χ1) is 9.67. The van der Waals surface area contributed by atoms with Crippen molar-refractivity contribution in [3.8, 4) is 0 Å². The predicted molar refractivity (Wildman–Crippen MR) is 79.7 cm³/mol. The van der Waals surface area contributed by atoms with Crippen LogP contribution >= 0.6 is 0 Å². The SMILES string of the molecule is CCc1c(N)nc(C2(c3ccccc3)CCC2)[nH]c1=O. The number of hydrogen-bond acceptors (Lipinski definition) is 3. The summed E-state index contributed by atoms with van der Waals surface area (Å²) in [6, 6.07) is 10.3. The van der Waals surface area contributed by atoms with Crippen LogP contribution < -0.4 is 11.3 Å². The van der Waals surface area contributed by atoms with Gasteiger partial charge in [-0.25, -0.2) is 4.98 Å². The van der Waals surface area contributed by atoms with Crippen molar-refractivity contribution in [2.75, 3.05) is 5.73 Å². The van der Waals surface area contributed by atoms with Crippen LogP contribution in [0.1, 0.15) is 43.1 Å². The third-order valence-corrected chi connectivity index (χ3v) is 4.39. The van der Waals surface area contributed by atoms with Gasteiger partial charge in [0, 0.05) is 0 Å². The molecule has 4 nitrogen and oxygen atoms in total. The molecular weight excluding hydrogens is 250 g/mol. The summed E-state index contributed by atoms with van der Waals surface area (Å²) in [5.41, 5.74) is 7.48. The fourth-order valence-electron chi connectivity index (χ4n) is 3.03. The lowest BCUT2D eigenvalue weighted by molar-refractivity contribution is 0.284. The molecule has 0 aliphatic heterocycles. The molecule has 0 spiro atoms. The Labute approximate surface area is 118 Å². The van der Waals surface area contributed by atoms with Crippen LogP contribution in [0.2, 0.25) is 0 Å². The molecule has 1 saturated carbocycles. The first-order valence-corrected chi connectivity index (χ1v) is 7.12. The number of nitrogen functional groups attached to an aromatic ring is 1. The zero-order valence-corrected chi connectivity index (χ0v) is 11.6. The van der Waals surface area contributed by atoms with Gasteiger partial charge in [0.2, 0.25) is 0 Å². The number of hydrogen-bond donors (Lipinski definition) is 2. The minimum absolute atomic E-state index is 0.0998. The van der Waals surface area contributed by atoms with Crippen LogP contribution in [0, 0.1) is 0 Å². The number of H-pyrrole nitrogens is 1. The van der Waals surface area contributed by atoms with E-state index in [2.05, 4.69) is 22.1 Å². The van der Waals surface area contributed by atoms with Gasteiger partial charge in [-0.05, 0) is 24.8 Å². The highest BCUT2D eigenvalue weighted by atomic mass is 16.1. The quantitative estimate of drug-likeness (QED) is 0.898. The highest BCUT2D eigenvalue weighted by Gasteiger charge is 2.42. The van der Waals surface area contributed by atoms with E-state index in [0.717, 1.165) is 25.1 Å². The third-order valence-electron chi connectivity index (χ3n) is 4.39. The molecule has 1 heterocycles. The van der Waals surface area contributed by atoms with Gasteiger partial charge >= 0.3 is 0 Å². The fraction of sp³-hybridized carbons (Fsp3) is 0.375. The molecular formula is C16H19N3O. The Morgan fingerprint density at radius 3 is 2.50 bits per heavy atom. The zero-order chi connectivity index (χ0) is 14.2. The maximum atomic E-state index is 12.1. The molecule has 2 aromatic rings. The molecule has 4 heteroatoms. The van der Waals surface area contributed by atoms with E-state index in [-0.39, 0.29) is 11.0 Å². The summed E-state index contributed by atoms with van der Waals surface area (Å²) < 4.78 is 0. The summed E-state index contributed by atoms with van der Waals surface area (Å²) in [5.74, 6) is 1.09. The first kappa shape index (κ1) is 12.9. The van der Waals surface area contributed by atoms with Gasteiger partial charge in [-0.1, -0.05) is 43.7 Å². The molecule has 1 aliphatic rings. The van der Waals surface area contributed by atoms with Gasteiger partial charge in [0.25, 0.3) is 5.56 Å². The average molecular weight is 269 g/mol. The molecule has 1 aromatic heterocycles. The highest BCUT2D eigenvalue weighted by Crippen LogP contribution is 2.47. The summed E-state index contributed by atoms with van der Waals surface area (Å²) in [7, 11) is 0. The van der Waals surface area contributed by atoms with Crippen LogP contribution in [0.4, 0.5) is 5.82 Å². The number of nitrogens with two attached hydrogens (primary N) is 1. The molecule has 104 valence electrons. The van der Waals surface area contributed by atoms with Crippen molar-refractivity contribution in [1.29, 1.82) is 0 Å². The molecule has 1 fully saturated rings. The number of anilines is 1. The van der Waals surface area contributed by atoms with Crippen molar-refractivity contribution >= 4 is 5.82 Å². The summed E-state index contributed by atoms with van der Waals surface area (Å²) in [6.45, 7) is 1.92. The Bertz CT molecular complexity index is 672. The minimum Gasteiger partial charge on any atom is -0.383 e. The fourth-order valence-corrected chi connectivity index (χ4v) is 3.03. The van der Waals surface area contributed by atoms with Crippen molar-refractivity contribution in [2.24, 2.45) is 0 Å². The van der Waals surface area contributed by atoms with Gasteiger partial charge in [0.1, 0.15) is 11.6 Å². The van der Waals surface area contributed by atoms with Gasteiger partial charge < -0.3 is 10.7 Å². The van der Waals surface area contributed by atoms with E-state index in [9.17, 15) is 4.79 Å². The Balaban J connectivity index is 2.14. The second-order valence-electron chi connectivity index (χ2n) is 5.43. The number of benzene rings is 1. The lowest BCUT2D eigenvalue weighted by Gasteiger charge is -2.41. The van der Waals surface area contributed by atoms with Crippen LogP contribution in [0.15, 0.2) is 35.1 Å². The van der Waals surface area contributed by atoms with E-state index >= 15 is 0 Å². The van der Waals surface area contributed by atoms with Gasteiger partial charge in [0.05, 0.1) is 11.0 Å². The van der Waals surface area contributed by atoms with Crippen LogP contribution in [0.25, 0.3) is 0 Å². The third kappa shape index (κ3) is 1.83. The second-order valence-corrected chi connectivity index (χ2v) is 5.43. The molecule has 0 saturated heterocycles. The van der Waals surface area contributed by atoms with Crippen LogP contribution in [-0.4, -0.2) is 9.97 Å². The van der Waals surface area contributed by atoms with E-state index in [1.54, 1.807) is 0 Å². The Morgan fingerprint density at radius 1 is 1.30 bits per heavy atom. The number of rotatable bonds is 3. The monoisotopic (exact) mass is 269 g/mol. The lowest BCUT2D eigenvalue weighted by Crippen LogP contribution is -2.39. The summed E-state index contributed by atoms with van der Waals surface area (Å²) >= 11 is 0. The maximum absolute atomic E-state index is 12.1. The second kappa shape index (κ2) is 4.78. The Hall–Kier alpha value is -2.10. The molecule has 0 bridgehead atoms. The van der Waals surface area contributed by atoms with Crippen molar-refractivity contribution < 1.29 is 0 Å². The van der Waals surface area contributed by atoms with Crippen molar-refractivity contribution in [3.05, 3.63) is 57.6 Å². The molecule has 20 heavy (non-hydrogen) atoms. The average Bonchev–Trinajstić information content (AvgIpc) is 2.38. The predicted octanol–water partition coefficient (Wildman–Crippen LogP) is 2.38. The molecule has 1 aliphatic carbocycles. The van der Waals surface area contributed by atoms with Crippen molar-refractivity contribution in [1.82, 2.24) is 9.97 Å². The van der Waals surface area contributed by atoms with E-state index in [0.29, 0.717) is 17.8 Å². The molecule has 0 unspecified atom stereocenters. The van der Waals surface area contributed by atoms with E-state index in [1.165, 1.54) is 5.56 Å². The lowest BCUT2D eigenvalue weighted by atomic mass is 9.64. The summed E-state index contributed by atoms with van der Waals surface area (Å²) in [5, 5.41) is 0. The molecule has 3 N–H and O–H groups in total. The van der Waals surface area contributed by atoms with Crippen LogP contribution in [0.5, 0.6) is 0 Å². The van der Waals surface area contributed by atoms with Gasteiger partial charge in [0.15, 0.2) is 0 Å². The highest BCUT2D eigenvalue weighted by molar-refractivity contribution is 5.42. The molecule has 1 aromatic carbocycles. The molecule has 3 rings (SSSR count). The summed E-state index contributed by atoms with van der Waals surface area (Å²) in [4.78, 5) is 19.6. The maximum Gasteiger partial charge on any atom is 0.256 e. The smallest absolute Gasteiger partial charge is 0.256 e. The molecule has 0 amide bonds. The number of aromatic amines is 1. The summed E-state index contributed by atoms with van der Waals surface area (Å²) in [6.07, 6.45) is 3.76. The van der Waals surface area contributed by atoms with E-state index in [1.807, 2.05) is 25.1 Å². The van der Waals surface area contributed by atoms with Gasteiger partial charge in [-0.2, -0.15) is 0 Å². The number of nitrogens with one attached hydrogen (secondary N) is 1. The van der Waals surface area contributed by atoms with Crippen molar-refractivity contribution in [3.63, 3.8) is 0 Å². The largest absolute Gasteiger partial charge is 0.383 e. The standard InChI is InChI=1S/C16H19N3O/c1-2-12-13(17)18-15(19-14(12)20)16(9-6-10-16)11-7-4-3-5-8-11/h3-5,7-8H,2,6,9-10H2,1H3,(H3,17,18,19,20). The minimum atomic E-state index is -0.166. The van der Waals surface area contributed by atoms with Crippen LogP contribution in [0.3, 0.4) is 0 Å². The normalized spacial score (nSPS) is 16.6. The van der Waals surface area contributed by atoms with Gasteiger partial charge in [-0.3, -0.25) is 4.79 Å². The van der Waals surface area contributed by atoms with E-state index < -0.39 is 0 Å². The van der Waals surface area contributed by atoms with E-state index in [4.69, 9.17) is 5.73 Å². The van der Waals surface area contributed by atoms with Gasteiger partial charge in [-0.15, -0.1) is 0 Å². The zero-order valence-electron chi connectivity index (χ0n) is 11.6. The number of nitrogens with zero attached hydrogens (tertiary/aromatic N) is 1. The Kier molecular flexibility index (Phi) is 3.08. The molecule has 0 atom stereocenters. The topological polar surface area (TPSA) is 71.8 Å². The Morgan fingerprint density at radius 2 is 2.00 bits per heavy atom. The number of aromatic nitrogens is 2. The van der Waals surface area contributed by atoms with Crippen LogP contribution in [-0.2, 0) is 11.8 Å². The molecule has 0 radical (unpaired) electrons.